The van der Waals surface area contributed by atoms with Gasteiger partial charge in [0.05, 0.1) is 10.6 Å². The fourth-order valence-corrected chi connectivity index (χ4v) is 1.57. The molecule has 13 heavy (non-hydrogen) atoms. The molecule has 0 unspecified atom stereocenters. The molecule has 0 spiro atoms. The van der Waals surface area contributed by atoms with Crippen molar-refractivity contribution < 1.29 is 12.8 Å². The fourth-order valence-electron chi connectivity index (χ4n) is 0.927. The smallest absolute Gasteiger partial charge is 0.175 e. The van der Waals surface area contributed by atoms with E-state index in [0.29, 0.717) is 0 Å². The molecule has 5 heteroatoms. The molecule has 0 saturated heterocycles. The summed E-state index contributed by atoms with van der Waals surface area (Å²) in [6, 6.07) is 3.64. The Bertz CT molecular complexity index is 414. The highest BCUT2D eigenvalue weighted by atomic mass is 32.2. The highest BCUT2D eigenvalue weighted by Gasteiger charge is 2.09. The molecule has 0 heterocycles. The van der Waals surface area contributed by atoms with Crippen LogP contribution in [0.5, 0.6) is 0 Å². The van der Waals surface area contributed by atoms with E-state index in [2.05, 4.69) is 5.32 Å². The molecule has 1 aromatic rings. The molecule has 0 amide bonds. The third-order valence-corrected chi connectivity index (χ3v) is 2.75. The molecule has 1 rings (SSSR count). The van der Waals surface area contributed by atoms with Crippen LogP contribution in [0.15, 0.2) is 23.1 Å². The summed E-state index contributed by atoms with van der Waals surface area (Å²) in [6.45, 7) is 0. The van der Waals surface area contributed by atoms with Gasteiger partial charge in [0.1, 0.15) is 5.82 Å². The van der Waals surface area contributed by atoms with Crippen molar-refractivity contribution in [2.75, 3.05) is 18.6 Å². The zero-order valence-electron chi connectivity index (χ0n) is 7.33. The number of nitrogens with one attached hydrogen (secondary N) is 1. The maximum absolute atomic E-state index is 12.9. The Labute approximate surface area is 76.5 Å². The molecule has 1 N–H and O–H groups in total. The molecule has 72 valence electrons. The topological polar surface area (TPSA) is 46.2 Å². The zero-order valence-corrected chi connectivity index (χ0v) is 8.15. The van der Waals surface area contributed by atoms with Crippen LogP contribution >= 0.6 is 0 Å². The van der Waals surface area contributed by atoms with Gasteiger partial charge in [-0.1, -0.05) is 0 Å². The zero-order chi connectivity index (χ0) is 10.1. The van der Waals surface area contributed by atoms with E-state index in [4.69, 9.17) is 0 Å². The molecule has 0 aliphatic heterocycles. The van der Waals surface area contributed by atoms with Crippen molar-refractivity contribution in [1.82, 2.24) is 0 Å². The van der Waals surface area contributed by atoms with Crippen LogP contribution in [0.1, 0.15) is 0 Å². The second-order valence-corrected chi connectivity index (χ2v) is 4.68. The van der Waals surface area contributed by atoms with E-state index in [1.807, 2.05) is 0 Å². The van der Waals surface area contributed by atoms with E-state index in [-0.39, 0.29) is 10.6 Å². The van der Waals surface area contributed by atoms with Gasteiger partial charge in [0.25, 0.3) is 0 Å². The average molecular weight is 203 g/mol. The van der Waals surface area contributed by atoms with Crippen molar-refractivity contribution in [1.29, 1.82) is 0 Å². The average Bonchev–Trinajstić information content (AvgIpc) is 2.03. The Morgan fingerprint density at radius 2 is 2.00 bits per heavy atom. The maximum Gasteiger partial charge on any atom is 0.175 e. The highest BCUT2D eigenvalue weighted by molar-refractivity contribution is 7.90. The van der Waals surface area contributed by atoms with E-state index in [1.165, 1.54) is 19.2 Å². The van der Waals surface area contributed by atoms with Crippen LogP contribution in [0, 0.1) is 5.82 Å². The molecule has 0 aliphatic carbocycles. The summed E-state index contributed by atoms with van der Waals surface area (Å²) < 4.78 is 35.0. The van der Waals surface area contributed by atoms with Gasteiger partial charge >= 0.3 is 0 Å². The molecule has 0 aliphatic rings. The molecule has 0 aromatic heterocycles. The maximum atomic E-state index is 12.9. The van der Waals surface area contributed by atoms with Gasteiger partial charge in [0, 0.05) is 13.3 Å². The van der Waals surface area contributed by atoms with E-state index < -0.39 is 15.7 Å². The van der Waals surface area contributed by atoms with Crippen LogP contribution in [0.4, 0.5) is 10.1 Å². The number of anilines is 1. The van der Waals surface area contributed by atoms with Gasteiger partial charge in [-0.05, 0) is 18.2 Å². The molecule has 0 bridgehead atoms. The number of sulfone groups is 1. The number of benzene rings is 1. The third-order valence-electron chi connectivity index (χ3n) is 1.64. The Morgan fingerprint density at radius 1 is 1.38 bits per heavy atom. The molecule has 0 radical (unpaired) electrons. The molecule has 0 atom stereocenters. The monoisotopic (exact) mass is 203 g/mol. The Morgan fingerprint density at radius 3 is 2.46 bits per heavy atom. The summed E-state index contributed by atoms with van der Waals surface area (Å²) >= 11 is 0. The first-order valence-corrected chi connectivity index (χ1v) is 5.51. The lowest BCUT2D eigenvalue weighted by atomic mass is 10.3. The van der Waals surface area contributed by atoms with E-state index in [1.54, 1.807) is 0 Å². The quantitative estimate of drug-likeness (QED) is 0.736. The first kappa shape index (κ1) is 9.98. The van der Waals surface area contributed by atoms with Crippen molar-refractivity contribution in [3.63, 3.8) is 0 Å². The van der Waals surface area contributed by atoms with Crippen molar-refractivity contribution in [3.8, 4) is 0 Å². The largest absolute Gasteiger partial charge is 0.386 e. The van der Waals surface area contributed by atoms with Crippen LogP contribution < -0.4 is 5.32 Å². The van der Waals surface area contributed by atoms with Crippen LogP contribution in [-0.2, 0) is 9.84 Å². The molecule has 0 saturated carbocycles. The molecule has 3 nitrogen and oxygen atoms in total. The molecule has 1 aromatic carbocycles. The fraction of sp³-hybridized carbons (Fsp3) is 0.250. The Hall–Kier alpha value is -1.10. The second kappa shape index (κ2) is 3.33. The van der Waals surface area contributed by atoms with Gasteiger partial charge in [-0.25, -0.2) is 12.8 Å². The van der Waals surface area contributed by atoms with Gasteiger partial charge in [-0.3, -0.25) is 0 Å². The van der Waals surface area contributed by atoms with E-state index in [0.717, 1.165) is 12.3 Å². The summed E-state index contributed by atoms with van der Waals surface area (Å²) in [5.41, 5.74) is 0.183. The lowest BCUT2D eigenvalue weighted by Gasteiger charge is -2.04. The summed E-state index contributed by atoms with van der Waals surface area (Å²) in [7, 11) is -1.73. The Balaban J connectivity index is 3.30. The third kappa shape index (κ3) is 2.18. The van der Waals surface area contributed by atoms with Crippen LogP contribution in [0.2, 0.25) is 0 Å². The van der Waals surface area contributed by atoms with Crippen molar-refractivity contribution in [3.05, 3.63) is 24.0 Å². The first-order chi connectivity index (χ1) is 5.95. The number of rotatable bonds is 2. The first-order valence-electron chi connectivity index (χ1n) is 3.62. The lowest BCUT2D eigenvalue weighted by molar-refractivity contribution is 0.600. The van der Waals surface area contributed by atoms with Crippen molar-refractivity contribution in [2.24, 2.45) is 0 Å². The number of hydrogen-bond acceptors (Lipinski definition) is 3. The predicted molar refractivity (Wildman–Crippen MR) is 49.1 cm³/mol. The summed E-state index contributed by atoms with van der Waals surface area (Å²) in [5, 5.41) is 2.57. The summed E-state index contributed by atoms with van der Waals surface area (Å²) in [4.78, 5) is 0.109. The normalized spacial score (nSPS) is 11.3. The van der Waals surface area contributed by atoms with E-state index >= 15 is 0 Å². The van der Waals surface area contributed by atoms with E-state index in [9.17, 15) is 12.8 Å². The summed E-state index contributed by atoms with van der Waals surface area (Å²) in [5.74, 6) is -0.463. The van der Waals surface area contributed by atoms with Crippen LogP contribution in [0.25, 0.3) is 0 Å². The van der Waals surface area contributed by atoms with Crippen LogP contribution in [-0.4, -0.2) is 21.7 Å². The minimum atomic E-state index is -3.26. The number of halogens is 1. The minimum absolute atomic E-state index is 0.109. The van der Waals surface area contributed by atoms with Gasteiger partial charge in [0.2, 0.25) is 0 Å². The molecular weight excluding hydrogens is 193 g/mol. The lowest BCUT2D eigenvalue weighted by Crippen LogP contribution is -2.00. The SMILES string of the molecule is CNc1cc(S(C)(=O)=O)ccc1F. The second-order valence-electron chi connectivity index (χ2n) is 2.66. The molecule has 0 fully saturated rings. The minimum Gasteiger partial charge on any atom is -0.386 e. The predicted octanol–water partition coefficient (Wildman–Crippen LogP) is 1.27. The highest BCUT2D eigenvalue weighted by Crippen LogP contribution is 2.18. The summed E-state index contributed by atoms with van der Waals surface area (Å²) in [6.07, 6.45) is 1.08. The van der Waals surface area contributed by atoms with Crippen molar-refractivity contribution in [2.45, 2.75) is 4.90 Å². The van der Waals surface area contributed by atoms with Crippen LogP contribution in [0.3, 0.4) is 0 Å². The Kier molecular flexibility index (Phi) is 2.56. The van der Waals surface area contributed by atoms with Gasteiger partial charge < -0.3 is 5.32 Å². The number of hydrogen-bond donors (Lipinski definition) is 1. The van der Waals surface area contributed by atoms with Gasteiger partial charge in [0.15, 0.2) is 9.84 Å². The van der Waals surface area contributed by atoms with Gasteiger partial charge in [-0.15, -0.1) is 0 Å². The van der Waals surface area contributed by atoms with Crippen molar-refractivity contribution >= 4 is 15.5 Å². The van der Waals surface area contributed by atoms with Gasteiger partial charge in [-0.2, -0.15) is 0 Å². The standard InChI is InChI=1S/C8H10FNO2S/c1-10-8-5-6(13(2,11)12)3-4-7(8)9/h3-5,10H,1-2H3. The molecular formula is C8H10FNO2S.